The lowest BCUT2D eigenvalue weighted by molar-refractivity contribution is 0.578. The Kier molecular flexibility index (Phi) is 5.30. The third-order valence-electron chi connectivity index (χ3n) is 2.54. The number of halogens is 2. The molecule has 2 aromatic carbocycles. The number of thiocarbonyl (C=S) groups is 1. The van der Waals surface area contributed by atoms with Crippen molar-refractivity contribution in [3.8, 4) is 0 Å². The largest absolute Gasteiger partial charge is 0.329 e. The molecule has 5 nitrogen and oxygen atoms in total. The number of hydrazine groups is 1. The number of benzene rings is 2. The topological polar surface area (TPSA) is 70.2 Å². The number of anilines is 1. The van der Waals surface area contributed by atoms with Crippen molar-refractivity contribution in [1.82, 2.24) is 10.3 Å². The summed E-state index contributed by atoms with van der Waals surface area (Å²) in [4.78, 5) is 2.10. The summed E-state index contributed by atoms with van der Waals surface area (Å²) in [6, 6.07) is 11.5. The van der Waals surface area contributed by atoms with Crippen molar-refractivity contribution in [2.24, 2.45) is 0 Å². The van der Waals surface area contributed by atoms with Gasteiger partial charge >= 0.3 is 0 Å². The highest BCUT2D eigenvalue weighted by Crippen LogP contribution is 2.14. The van der Waals surface area contributed by atoms with Crippen LogP contribution in [0.4, 0.5) is 10.1 Å². The Balaban J connectivity index is 1.98. The predicted octanol–water partition coefficient (Wildman–Crippen LogP) is 2.66. The van der Waals surface area contributed by atoms with E-state index in [1.807, 2.05) is 0 Å². The summed E-state index contributed by atoms with van der Waals surface area (Å²) in [5.74, 6) is -0.507. The number of rotatable bonds is 4. The van der Waals surface area contributed by atoms with Gasteiger partial charge in [-0.05, 0) is 48.6 Å². The van der Waals surface area contributed by atoms with E-state index >= 15 is 0 Å². The van der Waals surface area contributed by atoms with Gasteiger partial charge < -0.3 is 5.32 Å². The molecule has 0 spiro atoms. The van der Waals surface area contributed by atoms with Crippen LogP contribution in [0.15, 0.2) is 53.4 Å². The van der Waals surface area contributed by atoms with Crippen molar-refractivity contribution >= 4 is 44.6 Å². The molecule has 0 aliphatic heterocycles. The van der Waals surface area contributed by atoms with Crippen molar-refractivity contribution in [3.05, 3.63) is 59.4 Å². The zero-order valence-corrected chi connectivity index (χ0v) is 13.4. The van der Waals surface area contributed by atoms with Gasteiger partial charge in [0.15, 0.2) is 5.11 Å². The quantitative estimate of drug-likeness (QED) is 0.578. The average molecular weight is 360 g/mol. The fraction of sp³-hybridized carbons (Fsp3) is 0. The summed E-state index contributed by atoms with van der Waals surface area (Å²) in [7, 11) is -3.82. The van der Waals surface area contributed by atoms with E-state index in [1.165, 1.54) is 42.5 Å². The van der Waals surface area contributed by atoms with Crippen molar-refractivity contribution in [2.75, 3.05) is 5.32 Å². The molecule has 0 saturated carbocycles. The molecule has 0 fully saturated rings. The number of para-hydroxylation sites is 1. The minimum absolute atomic E-state index is 0.0121. The Morgan fingerprint density at radius 1 is 1.09 bits per heavy atom. The van der Waals surface area contributed by atoms with Gasteiger partial charge in [0.25, 0.3) is 10.0 Å². The van der Waals surface area contributed by atoms with Gasteiger partial charge in [-0.25, -0.2) is 12.8 Å². The second kappa shape index (κ2) is 7.01. The fourth-order valence-corrected chi connectivity index (χ4v) is 2.70. The van der Waals surface area contributed by atoms with E-state index in [0.717, 1.165) is 0 Å². The van der Waals surface area contributed by atoms with Crippen LogP contribution in [0.25, 0.3) is 0 Å². The number of hydrogen-bond acceptors (Lipinski definition) is 3. The third kappa shape index (κ3) is 4.38. The maximum Gasteiger partial charge on any atom is 0.257 e. The van der Waals surface area contributed by atoms with Crippen LogP contribution in [-0.2, 0) is 10.0 Å². The van der Waals surface area contributed by atoms with E-state index in [9.17, 15) is 12.8 Å². The van der Waals surface area contributed by atoms with Gasteiger partial charge in [-0.1, -0.05) is 23.7 Å². The normalized spacial score (nSPS) is 11.0. The molecular formula is C13H11ClFN3O2S2. The van der Waals surface area contributed by atoms with E-state index in [1.54, 1.807) is 6.07 Å². The molecule has 0 aliphatic rings. The van der Waals surface area contributed by atoms with E-state index in [2.05, 4.69) is 15.6 Å². The highest BCUT2D eigenvalue weighted by molar-refractivity contribution is 7.89. The SMILES string of the molecule is O=S(=O)(NNC(=S)Nc1ccccc1F)c1ccc(Cl)cc1. The third-order valence-corrected chi connectivity index (χ3v) is 4.26. The van der Waals surface area contributed by atoms with Gasteiger partial charge in [0.05, 0.1) is 10.6 Å². The second-order valence-corrected chi connectivity index (χ2v) is 6.65. The van der Waals surface area contributed by atoms with Gasteiger partial charge in [-0.2, -0.15) is 0 Å². The van der Waals surface area contributed by atoms with Crippen LogP contribution >= 0.6 is 23.8 Å². The zero-order chi connectivity index (χ0) is 16.2. The summed E-state index contributed by atoms with van der Waals surface area (Å²) in [5, 5.41) is 2.87. The first-order valence-electron chi connectivity index (χ1n) is 5.97. The molecule has 9 heteroatoms. The van der Waals surface area contributed by atoms with Crippen molar-refractivity contribution in [3.63, 3.8) is 0 Å². The maximum atomic E-state index is 13.4. The van der Waals surface area contributed by atoms with E-state index in [0.29, 0.717) is 5.02 Å². The first-order valence-corrected chi connectivity index (χ1v) is 8.24. The summed E-state index contributed by atoms with van der Waals surface area (Å²) in [6.45, 7) is 0. The molecule has 0 saturated heterocycles. The standard InChI is InChI=1S/C13H11ClFN3O2S2/c14-9-5-7-10(8-6-9)22(19,20)18-17-13(21)16-12-4-2-1-3-11(12)15/h1-8,18H,(H2,16,17,21). The summed E-state index contributed by atoms with van der Waals surface area (Å²) in [6.07, 6.45) is 0. The molecule has 0 aliphatic carbocycles. The van der Waals surface area contributed by atoms with Gasteiger partial charge in [0.2, 0.25) is 0 Å². The first kappa shape index (κ1) is 16.6. The molecule has 0 unspecified atom stereocenters. The Labute approximate surface area is 137 Å². The molecule has 0 bridgehead atoms. The van der Waals surface area contributed by atoms with Crippen molar-refractivity contribution < 1.29 is 12.8 Å². The fourth-order valence-electron chi connectivity index (χ4n) is 1.50. The van der Waals surface area contributed by atoms with Gasteiger partial charge in [-0.15, -0.1) is 4.83 Å². The molecular weight excluding hydrogens is 349 g/mol. The molecule has 0 amide bonds. The summed E-state index contributed by atoms with van der Waals surface area (Å²) < 4.78 is 37.4. The Morgan fingerprint density at radius 3 is 2.36 bits per heavy atom. The van der Waals surface area contributed by atoms with Crippen molar-refractivity contribution in [2.45, 2.75) is 4.90 Å². The Morgan fingerprint density at radius 2 is 1.73 bits per heavy atom. The number of hydrogen-bond donors (Lipinski definition) is 3. The lowest BCUT2D eigenvalue weighted by Crippen LogP contribution is -2.43. The molecule has 116 valence electrons. The predicted molar refractivity (Wildman–Crippen MR) is 87.5 cm³/mol. The molecule has 0 atom stereocenters. The molecule has 2 rings (SSSR count). The maximum absolute atomic E-state index is 13.4. The number of nitrogens with one attached hydrogen (secondary N) is 3. The highest BCUT2D eigenvalue weighted by atomic mass is 35.5. The van der Waals surface area contributed by atoms with Crippen LogP contribution in [0, 0.1) is 5.82 Å². The lowest BCUT2D eigenvalue weighted by Gasteiger charge is -2.12. The van der Waals surface area contributed by atoms with Crippen LogP contribution < -0.4 is 15.6 Å². The van der Waals surface area contributed by atoms with Crippen molar-refractivity contribution in [1.29, 1.82) is 0 Å². The second-order valence-electron chi connectivity index (χ2n) is 4.12. The van der Waals surface area contributed by atoms with Crippen LogP contribution in [0.2, 0.25) is 5.02 Å². The van der Waals surface area contributed by atoms with Gasteiger partial charge in [-0.3, -0.25) is 5.43 Å². The van der Waals surface area contributed by atoms with Crippen LogP contribution in [0.3, 0.4) is 0 Å². The van der Waals surface area contributed by atoms with Gasteiger partial charge in [0, 0.05) is 5.02 Å². The lowest BCUT2D eigenvalue weighted by atomic mass is 10.3. The average Bonchev–Trinajstić information content (AvgIpc) is 2.48. The summed E-state index contributed by atoms with van der Waals surface area (Å²) >= 11 is 10.6. The highest BCUT2D eigenvalue weighted by Gasteiger charge is 2.14. The van der Waals surface area contributed by atoms with Gasteiger partial charge in [0.1, 0.15) is 5.82 Å². The van der Waals surface area contributed by atoms with Crippen LogP contribution in [-0.4, -0.2) is 13.5 Å². The molecule has 0 aromatic heterocycles. The van der Waals surface area contributed by atoms with E-state index in [4.69, 9.17) is 23.8 Å². The van der Waals surface area contributed by atoms with E-state index in [-0.39, 0.29) is 15.7 Å². The molecule has 0 radical (unpaired) electrons. The Bertz CT molecular complexity index is 782. The Hall–Kier alpha value is -1.74. The molecule has 3 N–H and O–H groups in total. The smallest absolute Gasteiger partial charge is 0.257 e. The van der Waals surface area contributed by atoms with E-state index < -0.39 is 15.8 Å². The minimum Gasteiger partial charge on any atom is -0.329 e. The molecule has 2 aromatic rings. The monoisotopic (exact) mass is 359 g/mol. The minimum atomic E-state index is -3.82. The summed E-state index contributed by atoms with van der Waals surface area (Å²) in [5.41, 5.74) is 2.42. The number of sulfonamides is 1. The van der Waals surface area contributed by atoms with Crippen LogP contribution in [0.1, 0.15) is 0 Å². The molecule has 0 heterocycles. The van der Waals surface area contributed by atoms with Crippen LogP contribution in [0.5, 0.6) is 0 Å². The molecule has 22 heavy (non-hydrogen) atoms. The zero-order valence-electron chi connectivity index (χ0n) is 11.0. The first-order chi connectivity index (χ1) is 10.4.